The lowest BCUT2D eigenvalue weighted by molar-refractivity contribution is -0.258. The number of unbranched alkanes of at least 4 members (excludes halogenated alkanes) is 48. The minimum Gasteiger partial charge on any atom is -0.246 e. The molecule has 0 aliphatic rings. The van der Waals surface area contributed by atoms with Gasteiger partial charge in [-0.3, -0.25) is 0 Å². The maximum atomic E-state index is 12.6. The summed E-state index contributed by atoms with van der Waals surface area (Å²) in [5.74, 6) is -1.46. The van der Waals surface area contributed by atoms with Crippen LogP contribution in [0.3, 0.4) is 0 Å². The third kappa shape index (κ3) is 59.1. The summed E-state index contributed by atoms with van der Waals surface area (Å²) in [6, 6.07) is 0. The molecule has 0 bridgehead atoms. The van der Waals surface area contributed by atoms with Crippen molar-refractivity contribution in [1.82, 2.24) is 0 Å². The van der Waals surface area contributed by atoms with E-state index in [-0.39, 0.29) is 12.8 Å². The molecule has 4 nitrogen and oxygen atoms in total. The lowest BCUT2D eigenvalue weighted by atomic mass is 10.0. The van der Waals surface area contributed by atoms with Gasteiger partial charge in [-0.2, -0.15) is 17.6 Å². The molecule has 430 valence electrons. The molecular weight excluding hydrogens is 1000 g/mol. The first-order valence-electron chi connectivity index (χ1n) is 30.7. The molecule has 0 aromatic heterocycles. The molecule has 0 aromatic rings. The zero-order chi connectivity index (χ0) is 52.9. The molecule has 0 spiro atoms. The van der Waals surface area contributed by atoms with Crippen LogP contribution in [-0.4, -0.2) is 33.5 Å². The van der Waals surface area contributed by atoms with Gasteiger partial charge in [-0.15, -0.1) is 23.2 Å². The van der Waals surface area contributed by atoms with Crippen LogP contribution in [0.25, 0.3) is 0 Å². The summed E-state index contributed by atoms with van der Waals surface area (Å²) in [6.45, 7) is 0. The fraction of sp³-hybridized carbons (Fsp3) is 0.967. The summed E-state index contributed by atoms with van der Waals surface area (Å²) < 4.78 is 50.4. The third-order valence-electron chi connectivity index (χ3n) is 14.6. The number of halogens is 8. The van der Waals surface area contributed by atoms with Gasteiger partial charge >= 0.3 is 22.7 Å². The minimum atomic E-state index is -3.02. The molecule has 0 rings (SSSR count). The molecule has 0 aliphatic heterocycles. The van der Waals surface area contributed by atoms with Crippen molar-refractivity contribution in [2.75, 3.05) is 0 Å². The van der Waals surface area contributed by atoms with E-state index < -0.39 is 33.5 Å². The summed E-state index contributed by atoms with van der Waals surface area (Å²) in [7, 11) is 0. The van der Waals surface area contributed by atoms with Gasteiger partial charge in [0.2, 0.25) is 0 Å². The highest BCUT2D eigenvalue weighted by Crippen LogP contribution is 2.28. The number of rotatable bonds is 58. The van der Waals surface area contributed by atoms with Gasteiger partial charge in [0, 0.05) is 12.8 Å². The molecule has 0 amide bonds. The molecule has 0 radical (unpaired) electrons. The smallest absolute Gasteiger partial charge is 0.246 e. The summed E-state index contributed by atoms with van der Waals surface area (Å²) in [5.41, 5.74) is 0. The molecule has 0 fully saturated rings. The maximum Gasteiger partial charge on any atom is 0.373 e. The lowest BCUT2D eigenvalue weighted by Gasteiger charge is -2.10. The summed E-state index contributed by atoms with van der Waals surface area (Å²) in [4.78, 5) is 34.0. The fourth-order valence-corrected chi connectivity index (χ4v) is 10.5. The van der Waals surface area contributed by atoms with Crippen molar-refractivity contribution >= 4 is 58.3 Å². The van der Waals surface area contributed by atoms with Crippen LogP contribution in [-0.2, 0) is 19.4 Å². The van der Waals surface area contributed by atoms with Crippen LogP contribution in [0, 0.1) is 0 Å². The molecule has 0 N–H and O–H groups in total. The summed E-state index contributed by atoms with van der Waals surface area (Å²) >= 11 is 22.3. The zero-order valence-electron chi connectivity index (χ0n) is 46.0. The average Bonchev–Trinajstić information content (AvgIpc) is 3.34. The molecule has 0 saturated carbocycles. The van der Waals surface area contributed by atoms with Gasteiger partial charge < -0.3 is 0 Å². The molecule has 0 aromatic carbocycles. The van der Waals surface area contributed by atoms with Crippen LogP contribution < -0.4 is 0 Å². The Morgan fingerprint density at radius 3 is 0.528 bits per heavy atom. The van der Waals surface area contributed by atoms with E-state index >= 15 is 0 Å². The Morgan fingerprint density at radius 2 is 0.389 bits per heavy atom. The summed E-state index contributed by atoms with van der Waals surface area (Å²) in [6.07, 6.45) is 61.4. The van der Waals surface area contributed by atoms with Gasteiger partial charge in [0.25, 0.3) is 0 Å². The van der Waals surface area contributed by atoms with Gasteiger partial charge in [0.1, 0.15) is 10.8 Å². The van der Waals surface area contributed by atoms with Gasteiger partial charge in [-0.25, -0.2) is 19.4 Å². The van der Waals surface area contributed by atoms with E-state index in [9.17, 15) is 27.2 Å². The highest BCUT2D eigenvalue weighted by atomic mass is 35.5. The van der Waals surface area contributed by atoms with Crippen molar-refractivity contribution < 1.29 is 36.9 Å². The van der Waals surface area contributed by atoms with E-state index in [1.807, 2.05) is 0 Å². The number of carbonyl (C=O) groups is 2. The second kappa shape index (κ2) is 54.2. The predicted molar refractivity (Wildman–Crippen MR) is 302 cm³/mol. The zero-order valence-corrected chi connectivity index (χ0v) is 49.0. The van der Waals surface area contributed by atoms with Gasteiger partial charge in [0.05, 0.1) is 0 Å². The standard InChI is InChI=1S/C60H110Cl4F4O4/c61-55(51-47-43-39-35-31-27-23-19-15-11-7-3-1-5-9-13-17-21-25-29-33-37-41-45-49-53-59(63,65)66)57(69)71-72-58(70)56(62)52-48-44-40-36-32-28-24-20-16-12-8-4-2-6-10-14-18-22-26-30-34-38-42-46-50-54-60(64,67)68/h55-56H,1-54H2. The summed E-state index contributed by atoms with van der Waals surface area (Å²) in [5, 5.41) is -7.71. The van der Waals surface area contributed by atoms with Crippen molar-refractivity contribution in [3.05, 3.63) is 0 Å². The first-order valence-corrected chi connectivity index (χ1v) is 32.3. The fourth-order valence-electron chi connectivity index (χ4n) is 9.85. The first-order chi connectivity index (χ1) is 34.8. The monoisotopic (exact) mass is 1110 g/mol. The Labute approximate surface area is 461 Å². The topological polar surface area (TPSA) is 52.6 Å². The van der Waals surface area contributed by atoms with Gasteiger partial charge in [0.15, 0.2) is 0 Å². The molecule has 0 aliphatic carbocycles. The van der Waals surface area contributed by atoms with Gasteiger partial charge in [-0.1, -0.05) is 308 Å². The van der Waals surface area contributed by atoms with E-state index in [0.717, 1.165) is 77.0 Å². The molecule has 2 atom stereocenters. The Hall–Kier alpha value is -0.180. The molecule has 12 heteroatoms. The minimum absolute atomic E-state index is 0.197. The Bertz CT molecular complexity index is 1060. The molecular formula is C60H110Cl4F4O4. The second-order valence-corrected chi connectivity index (χ2v) is 23.9. The maximum absolute atomic E-state index is 12.6. The normalized spacial score (nSPS) is 12.9. The first kappa shape index (κ1) is 71.8. The van der Waals surface area contributed by atoms with Crippen molar-refractivity contribution in [3.63, 3.8) is 0 Å². The van der Waals surface area contributed by atoms with E-state index in [1.165, 1.54) is 231 Å². The predicted octanol–water partition coefficient (Wildman–Crippen LogP) is 23.9. The molecule has 0 saturated heterocycles. The highest BCUT2D eigenvalue weighted by Gasteiger charge is 2.25. The number of hydrogen-bond donors (Lipinski definition) is 0. The lowest BCUT2D eigenvalue weighted by Crippen LogP contribution is -2.24. The van der Waals surface area contributed by atoms with E-state index in [0.29, 0.717) is 25.7 Å². The van der Waals surface area contributed by atoms with Crippen LogP contribution in [0.5, 0.6) is 0 Å². The quantitative estimate of drug-likeness (QED) is 0.0200. The largest absolute Gasteiger partial charge is 0.373 e. The van der Waals surface area contributed by atoms with Crippen molar-refractivity contribution in [1.29, 1.82) is 0 Å². The van der Waals surface area contributed by atoms with E-state index in [4.69, 9.17) is 56.2 Å². The number of hydrogen-bond acceptors (Lipinski definition) is 4. The average molecular weight is 1110 g/mol. The van der Waals surface area contributed by atoms with Crippen LogP contribution >= 0.6 is 46.4 Å². The molecule has 72 heavy (non-hydrogen) atoms. The van der Waals surface area contributed by atoms with Gasteiger partial charge in [-0.05, 0) is 48.9 Å². The number of alkyl halides is 8. The van der Waals surface area contributed by atoms with Crippen LogP contribution in [0.2, 0.25) is 0 Å². The Balaban J connectivity index is 3.38. The molecule has 0 heterocycles. The van der Waals surface area contributed by atoms with Crippen LogP contribution in [0.4, 0.5) is 17.6 Å². The highest BCUT2D eigenvalue weighted by molar-refractivity contribution is 6.30. The van der Waals surface area contributed by atoms with Crippen LogP contribution in [0.15, 0.2) is 0 Å². The van der Waals surface area contributed by atoms with Crippen LogP contribution in [0.1, 0.15) is 347 Å². The molecule has 2 unspecified atom stereocenters. The SMILES string of the molecule is O=C(OOC(=O)C(Cl)CCCCCCCCCCCCCCCCCCCCCCCCCCCC(F)(F)Cl)C(Cl)CCCCCCCCCCCCCCCCCCCCCCCCCCCC(F)(F)Cl. The Kier molecular flexibility index (Phi) is 54.1. The van der Waals surface area contributed by atoms with Crippen molar-refractivity contribution in [2.24, 2.45) is 0 Å². The van der Waals surface area contributed by atoms with E-state index in [1.54, 1.807) is 0 Å². The second-order valence-electron chi connectivity index (χ2n) is 21.7. The number of carbonyl (C=O) groups excluding carboxylic acids is 2. The van der Waals surface area contributed by atoms with Crippen molar-refractivity contribution in [2.45, 2.75) is 368 Å². The van der Waals surface area contributed by atoms with Crippen molar-refractivity contribution in [3.8, 4) is 0 Å². The Morgan fingerprint density at radius 1 is 0.264 bits per heavy atom. The van der Waals surface area contributed by atoms with E-state index in [2.05, 4.69) is 0 Å². The third-order valence-corrected chi connectivity index (χ3v) is 15.7.